The average Bonchev–Trinajstić information content (AvgIpc) is 2.61. The van der Waals surface area contributed by atoms with E-state index in [2.05, 4.69) is 36.7 Å². The fourth-order valence-electron chi connectivity index (χ4n) is 2.14. The van der Waals surface area contributed by atoms with E-state index in [1.165, 1.54) is 10.9 Å². The van der Waals surface area contributed by atoms with Gasteiger partial charge < -0.3 is 4.57 Å². The van der Waals surface area contributed by atoms with Crippen molar-refractivity contribution < 1.29 is 4.79 Å². The van der Waals surface area contributed by atoms with E-state index in [0.717, 1.165) is 5.56 Å². The molecule has 0 aliphatic rings. The predicted molar refractivity (Wildman–Crippen MR) is 66.7 cm³/mol. The first kappa shape index (κ1) is 10.9. The predicted octanol–water partition coefficient (Wildman–Crippen LogP) is 3.35. The van der Waals surface area contributed by atoms with E-state index < -0.39 is 0 Å². The van der Waals surface area contributed by atoms with Gasteiger partial charge >= 0.3 is 0 Å². The first-order chi connectivity index (χ1) is 7.59. The van der Waals surface area contributed by atoms with Crippen LogP contribution in [0.4, 0.5) is 0 Å². The Morgan fingerprint density at radius 2 is 2.06 bits per heavy atom. The molecule has 0 atom stereocenters. The van der Waals surface area contributed by atoms with Crippen molar-refractivity contribution in [1.82, 2.24) is 4.57 Å². The number of ketones is 1. The Morgan fingerprint density at radius 1 is 1.31 bits per heavy atom. The molecular weight excluding hydrogens is 198 g/mol. The molecule has 2 heteroatoms. The van der Waals surface area contributed by atoms with Gasteiger partial charge in [-0.05, 0) is 37.8 Å². The van der Waals surface area contributed by atoms with Crippen LogP contribution in [0.2, 0.25) is 0 Å². The lowest BCUT2D eigenvalue weighted by Gasteiger charge is -2.12. The molecule has 0 N–H and O–H groups in total. The zero-order valence-corrected chi connectivity index (χ0v) is 10.0. The minimum absolute atomic E-state index is 0.212. The Balaban J connectivity index is 2.63. The molecule has 0 saturated carbocycles. The summed E-state index contributed by atoms with van der Waals surface area (Å²) in [6, 6.07) is 8.69. The summed E-state index contributed by atoms with van der Waals surface area (Å²) in [5.74, 6) is 0.212. The summed E-state index contributed by atoms with van der Waals surface area (Å²) in [5, 5.41) is 1.22. The quantitative estimate of drug-likeness (QED) is 0.769. The monoisotopic (exact) mass is 215 g/mol. The number of Topliss-reactive ketones (excluding diaryl/α,β-unsaturated/α-hetero) is 1. The fourth-order valence-corrected chi connectivity index (χ4v) is 2.14. The largest absolute Gasteiger partial charge is 0.345 e. The number of para-hydroxylation sites is 1. The van der Waals surface area contributed by atoms with Crippen molar-refractivity contribution in [3.63, 3.8) is 0 Å². The third kappa shape index (κ3) is 1.87. The molecule has 84 valence electrons. The van der Waals surface area contributed by atoms with Crippen LogP contribution in [0.25, 0.3) is 10.9 Å². The fraction of sp³-hybridized carbons (Fsp3) is 0.357. The van der Waals surface area contributed by atoms with Crippen molar-refractivity contribution in [1.29, 1.82) is 0 Å². The first-order valence-corrected chi connectivity index (χ1v) is 5.67. The van der Waals surface area contributed by atoms with E-state index >= 15 is 0 Å². The standard InChI is InChI=1S/C14H17NO/c1-10(2)15-8-7-12-5-4-6-13(14(12)15)9-11(3)16/h4-8,10H,9H2,1-3H3. The van der Waals surface area contributed by atoms with Crippen molar-refractivity contribution in [2.75, 3.05) is 0 Å². The van der Waals surface area contributed by atoms with Gasteiger partial charge in [-0.3, -0.25) is 4.79 Å². The maximum absolute atomic E-state index is 11.3. The topological polar surface area (TPSA) is 22.0 Å². The zero-order chi connectivity index (χ0) is 11.7. The number of nitrogens with zero attached hydrogens (tertiary/aromatic N) is 1. The summed E-state index contributed by atoms with van der Waals surface area (Å²) in [6.45, 7) is 5.95. The van der Waals surface area contributed by atoms with Crippen molar-refractivity contribution >= 4 is 16.7 Å². The average molecular weight is 215 g/mol. The van der Waals surface area contributed by atoms with Gasteiger partial charge in [-0.15, -0.1) is 0 Å². The van der Waals surface area contributed by atoms with Gasteiger partial charge in [0.05, 0.1) is 5.52 Å². The minimum Gasteiger partial charge on any atom is -0.345 e. The molecule has 0 bridgehead atoms. The van der Waals surface area contributed by atoms with Crippen LogP contribution in [-0.2, 0) is 11.2 Å². The number of hydrogen-bond acceptors (Lipinski definition) is 1. The molecular formula is C14H17NO. The van der Waals surface area contributed by atoms with Gasteiger partial charge in [0.15, 0.2) is 0 Å². The van der Waals surface area contributed by atoms with Crippen LogP contribution in [0, 0.1) is 0 Å². The highest BCUT2D eigenvalue weighted by Crippen LogP contribution is 2.24. The molecule has 0 spiro atoms. The lowest BCUT2D eigenvalue weighted by atomic mass is 10.1. The highest BCUT2D eigenvalue weighted by atomic mass is 16.1. The van der Waals surface area contributed by atoms with E-state index in [-0.39, 0.29) is 5.78 Å². The van der Waals surface area contributed by atoms with Crippen molar-refractivity contribution in [2.24, 2.45) is 0 Å². The summed E-state index contributed by atoms with van der Waals surface area (Å²) in [6.07, 6.45) is 2.62. The van der Waals surface area contributed by atoms with E-state index in [4.69, 9.17) is 0 Å². The van der Waals surface area contributed by atoms with Crippen LogP contribution in [-0.4, -0.2) is 10.4 Å². The summed E-state index contributed by atoms with van der Waals surface area (Å²) in [7, 11) is 0. The Kier molecular flexibility index (Phi) is 2.82. The minimum atomic E-state index is 0.212. The van der Waals surface area contributed by atoms with Crippen LogP contribution in [0.15, 0.2) is 30.5 Å². The van der Waals surface area contributed by atoms with Gasteiger partial charge in [0.2, 0.25) is 0 Å². The van der Waals surface area contributed by atoms with Crippen molar-refractivity contribution in [2.45, 2.75) is 33.2 Å². The summed E-state index contributed by atoms with van der Waals surface area (Å²) in [4.78, 5) is 11.3. The van der Waals surface area contributed by atoms with Crippen LogP contribution >= 0.6 is 0 Å². The third-order valence-electron chi connectivity index (χ3n) is 2.82. The molecule has 0 saturated heterocycles. The molecule has 1 heterocycles. The van der Waals surface area contributed by atoms with Crippen LogP contribution < -0.4 is 0 Å². The second kappa shape index (κ2) is 4.12. The van der Waals surface area contributed by atoms with Crippen molar-refractivity contribution in [3.8, 4) is 0 Å². The van der Waals surface area contributed by atoms with E-state index in [1.807, 2.05) is 12.1 Å². The molecule has 0 aliphatic carbocycles. The number of aromatic nitrogens is 1. The van der Waals surface area contributed by atoms with Gasteiger partial charge in [-0.25, -0.2) is 0 Å². The molecule has 2 nitrogen and oxygen atoms in total. The van der Waals surface area contributed by atoms with Gasteiger partial charge in [0.25, 0.3) is 0 Å². The number of carbonyl (C=O) groups is 1. The molecule has 0 aliphatic heterocycles. The molecule has 16 heavy (non-hydrogen) atoms. The van der Waals surface area contributed by atoms with Crippen molar-refractivity contribution in [3.05, 3.63) is 36.0 Å². The zero-order valence-electron chi connectivity index (χ0n) is 10.0. The Labute approximate surface area is 95.9 Å². The second-order valence-corrected chi connectivity index (χ2v) is 4.55. The normalized spacial score (nSPS) is 11.2. The number of benzene rings is 1. The third-order valence-corrected chi connectivity index (χ3v) is 2.82. The molecule has 2 aromatic rings. The van der Waals surface area contributed by atoms with Crippen LogP contribution in [0.5, 0.6) is 0 Å². The smallest absolute Gasteiger partial charge is 0.134 e. The summed E-state index contributed by atoms with van der Waals surface area (Å²) in [5.41, 5.74) is 2.33. The Hall–Kier alpha value is -1.57. The molecule has 0 unspecified atom stereocenters. The molecule has 0 amide bonds. The molecule has 1 aromatic carbocycles. The van der Waals surface area contributed by atoms with Gasteiger partial charge in [0, 0.05) is 18.7 Å². The Morgan fingerprint density at radius 3 is 2.69 bits per heavy atom. The van der Waals surface area contributed by atoms with E-state index in [1.54, 1.807) is 6.92 Å². The van der Waals surface area contributed by atoms with Crippen LogP contribution in [0.3, 0.4) is 0 Å². The Bertz CT molecular complexity index is 523. The number of fused-ring (bicyclic) bond motifs is 1. The summed E-state index contributed by atoms with van der Waals surface area (Å²) >= 11 is 0. The number of hydrogen-bond donors (Lipinski definition) is 0. The second-order valence-electron chi connectivity index (χ2n) is 4.55. The summed E-state index contributed by atoms with van der Waals surface area (Å²) < 4.78 is 2.23. The molecule has 2 rings (SSSR count). The molecule has 1 aromatic heterocycles. The first-order valence-electron chi connectivity index (χ1n) is 5.67. The van der Waals surface area contributed by atoms with E-state index in [9.17, 15) is 4.79 Å². The van der Waals surface area contributed by atoms with Gasteiger partial charge in [0.1, 0.15) is 5.78 Å². The SMILES string of the molecule is CC(=O)Cc1cccc2ccn(C(C)C)c12. The molecule has 0 fully saturated rings. The lowest BCUT2D eigenvalue weighted by molar-refractivity contribution is -0.116. The highest BCUT2D eigenvalue weighted by Gasteiger charge is 2.09. The van der Waals surface area contributed by atoms with Gasteiger partial charge in [-0.1, -0.05) is 18.2 Å². The van der Waals surface area contributed by atoms with E-state index in [0.29, 0.717) is 12.5 Å². The molecule has 0 radical (unpaired) electrons. The van der Waals surface area contributed by atoms with Gasteiger partial charge in [-0.2, -0.15) is 0 Å². The number of rotatable bonds is 3. The number of carbonyl (C=O) groups excluding carboxylic acids is 1. The van der Waals surface area contributed by atoms with Crippen LogP contribution in [0.1, 0.15) is 32.4 Å². The highest BCUT2D eigenvalue weighted by molar-refractivity contribution is 5.88. The maximum Gasteiger partial charge on any atom is 0.134 e. The maximum atomic E-state index is 11.3. The lowest BCUT2D eigenvalue weighted by Crippen LogP contribution is -2.03.